The molecule has 4 heteroatoms. The molecule has 0 unspecified atom stereocenters. The lowest BCUT2D eigenvalue weighted by Gasteiger charge is -2.33. The average Bonchev–Trinajstić information content (AvgIpc) is 2.87. The van der Waals surface area contributed by atoms with Crippen LogP contribution in [0.3, 0.4) is 0 Å². The van der Waals surface area contributed by atoms with Gasteiger partial charge in [0.1, 0.15) is 11.5 Å². The Kier molecular flexibility index (Phi) is 5.89. The molecule has 1 saturated heterocycles. The Morgan fingerprint density at radius 3 is 2.42 bits per heavy atom. The van der Waals surface area contributed by atoms with Gasteiger partial charge in [0.05, 0.1) is 13.1 Å². The first kappa shape index (κ1) is 14.6. The van der Waals surface area contributed by atoms with Crippen LogP contribution >= 0.6 is 0 Å². The van der Waals surface area contributed by atoms with Crippen LogP contribution in [-0.4, -0.2) is 49.1 Å². The van der Waals surface area contributed by atoms with Crippen LogP contribution in [0.15, 0.2) is 16.5 Å². The maximum Gasteiger partial charge on any atom is 0.118 e. The summed E-state index contributed by atoms with van der Waals surface area (Å²) in [6, 6.07) is 4.20. The molecule has 1 aliphatic rings. The predicted molar refractivity (Wildman–Crippen MR) is 78.1 cm³/mol. The summed E-state index contributed by atoms with van der Waals surface area (Å²) in [6.07, 6.45) is 1.26. The fourth-order valence-corrected chi connectivity index (χ4v) is 2.56. The van der Waals surface area contributed by atoms with E-state index < -0.39 is 0 Å². The molecular formula is C15H27N3O. The minimum Gasteiger partial charge on any atom is -0.463 e. The molecule has 2 heterocycles. The zero-order valence-corrected chi connectivity index (χ0v) is 12.3. The van der Waals surface area contributed by atoms with E-state index in [1.807, 2.05) is 0 Å². The van der Waals surface area contributed by atoms with Crippen molar-refractivity contribution < 1.29 is 4.42 Å². The number of hydrogen-bond donors (Lipinski definition) is 1. The second-order valence-corrected chi connectivity index (χ2v) is 5.27. The number of piperazine rings is 1. The summed E-state index contributed by atoms with van der Waals surface area (Å²) in [5.74, 6) is 2.14. The quantitative estimate of drug-likeness (QED) is 0.816. The number of hydrogen-bond acceptors (Lipinski definition) is 4. The SMILES string of the molecule is CCCN1CCN(Cc2ccc(CNCC)o2)CC1. The first-order valence-electron chi connectivity index (χ1n) is 7.54. The highest BCUT2D eigenvalue weighted by Gasteiger charge is 2.17. The molecule has 0 amide bonds. The molecule has 1 fully saturated rings. The Morgan fingerprint density at radius 2 is 1.74 bits per heavy atom. The molecule has 1 N–H and O–H groups in total. The van der Waals surface area contributed by atoms with Gasteiger partial charge in [0.2, 0.25) is 0 Å². The van der Waals surface area contributed by atoms with Crippen LogP contribution < -0.4 is 5.32 Å². The summed E-state index contributed by atoms with van der Waals surface area (Å²) in [6.45, 7) is 13.1. The topological polar surface area (TPSA) is 31.6 Å². The van der Waals surface area contributed by atoms with E-state index in [9.17, 15) is 0 Å². The van der Waals surface area contributed by atoms with Crippen molar-refractivity contribution in [3.05, 3.63) is 23.7 Å². The van der Waals surface area contributed by atoms with Crippen LogP contribution in [0.1, 0.15) is 31.8 Å². The number of rotatable bonds is 7. The van der Waals surface area contributed by atoms with E-state index in [1.54, 1.807) is 0 Å². The van der Waals surface area contributed by atoms with Gasteiger partial charge >= 0.3 is 0 Å². The van der Waals surface area contributed by atoms with Gasteiger partial charge in [0, 0.05) is 26.2 Å². The Morgan fingerprint density at radius 1 is 1.05 bits per heavy atom. The second kappa shape index (κ2) is 7.68. The molecule has 4 nitrogen and oxygen atoms in total. The zero-order valence-electron chi connectivity index (χ0n) is 12.3. The van der Waals surface area contributed by atoms with Crippen molar-refractivity contribution in [3.63, 3.8) is 0 Å². The molecule has 0 saturated carbocycles. The van der Waals surface area contributed by atoms with Crippen molar-refractivity contribution in [2.75, 3.05) is 39.3 Å². The van der Waals surface area contributed by atoms with Gasteiger partial charge in [-0.05, 0) is 31.6 Å². The standard InChI is InChI=1S/C15H27N3O/c1-3-7-17-8-10-18(11-9-17)13-15-6-5-14(19-15)12-16-4-2/h5-6,16H,3-4,7-13H2,1-2H3. The third-order valence-electron chi connectivity index (χ3n) is 3.65. The highest BCUT2D eigenvalue weighted by Crippen LogP contribution is 2.12. The van der Waals surface area contributed by atoms with Crippen molar-refractivity contribution in [1.82, 2.24) is 15.1 Å². The molecule has 2 rings (SSSR count). The average molecular weight is 265 g/mol. The Bertz CT molecular complexity index is 356. The molecule has 0 atom stereocenters. The van der Waals surface area contributed by atoms with E-state index in [0.717, 1.165) is 44.2 Å². The lowest BCUT2D eigenvalue weighted by Crippen LogP contribution is -2.45. The third-order valence-corrected chi connectivity index (χ3v) is 3.65. The minimum atomic E-state index is 0.834. The second-order valence-electron chi connectivity index (χ2n) is 5.27. The molecule has 1 aromatic rings. The molecule has 19 heavy (non-hydrogen) atoms. The first-order chi connectivity index (χ1) is 9.31. The highest BCUT2D eigenvalue weighted by atomic mass is 16.3. The van der Waals surface area contributed by atoms with Crippen molar-refractivity contribution in [2.45, 2.75) is 33.4 Å². The smallest absolute Gasteiger partial charge is 0.118 e. The third kappa shape index (κ3) is 4.64. The largest absolute Gasteiger partial charge is 0.463 e. The molecule has 0 bridgehead atoms. The van der Waals surface area contributed by atoms with Gasteiger partial charge in [-0.1, -0.05) is 13.8 Å². The maximum atomic E-state index is 5.85. The molecule has 0 radical (unpaired) electrons. The van der Waals surface area contributed by atoms with Crippen LogP contribution in [0, 0.1) is 0 Å². The van der Waals surface area contributed by atoms with Gasteiger partial charge in [-0.2, -0.15) is 0 Å². The summed E-state index contributed by atoms with van der Waals surface area (Å²) in [5.41, 5.74) is 0. The van der Waals surface area contributed by atoms with E-state index in [1.165, 1.54) is 26.1 Å². The number of nitrogens with one attached hydrogen (secondary N) is 1. The van der Waals surface area contributed by atoms with Gasteiger partial charge in [-0.3, -0.25) is 4.90 Å². The predicted octanol–water partition coefficient (Wildman–Crippen LogP) is 1.92. The van der Waals surface area contributed by atoms with Crippen molar-refractivity contribution in [3.8, 4) is 0 Å². The van der Waals surface area contributed by atoms with Crippen LogP contribution in [0.5, 0.6) is 0 Å². The Hall–Kier alpha value is -0.840. The highest BCUT2D eigenvalue weighted by molar-refractivity contribution is 5.07. The van der Waals surface area contributed by atoms with E-state index in [2.05, 4.69) is 41.1 Å². The molecule has 0 aromatic carbocycles. The molecule has 0 aliphatic carbocycles. The van der Waals surface area contributed by atoms with Crippen LogP contribution in [0.4, 0.5) is 0 Å². The summed E-state index contributed by atoms with van der Waals surface area (Å²) >= 11 is 0. The molecular weight excluding hydrogens is 238 g/mol. The molecule has 1 aromatic heterocycles. The normalized spacial score (nSPS) is 18.0. The van der Waals surface area contributed by atoms with Crippen LogP contribution in [-0.2, 0) is 13.1 Å². The van der Waals surface area contributed by atoms with Crippen molar-refractivity contribution >= 4 is 0 Å². The number of furan rings is 1. The van der Waals surface area contributed by atoms with Gasteiger partial charge in [0.15, 0.2) is 0 Å². The van der Waals surface area contributed by atoms with Crippen molar-refractivity contribution in [1.29, 1.82) is 0 Å². The zero-order chi connectivity index (χ0) is 13.5. The summed E-state index contributed by atoms with van der Waals surface area (Å²) in [7, 11) is 0. The van der Waals surface area contributed by atoms with Crippen LogP contribution in [0.25, 0.3) is 0 Å². The number of nitrogens with zero attached hydrogens (tertiary/aromatic N) is 2. The Balaban J connectivity index is 1.74. The first-order valence-corrected chi connectivity index (χ1v) is 7.54. The van der Waals surface area contributed by atoms with E-state index in [-0.39, 0.29) is 0 Å². The van der Waals surface area contributed by atoms with E-state index >= 15 is 0 Å². The minimum absolute atomic E-state index is 0.834. The van der Waals surface area contributed by atoms with E-state index in [0.29, 0.717) is 0 Å². The van der Waals surface area contributed by atoms with Gasteiger partial charge in [-0.25, -0.2) is 0 Å². The van der Waals surface area contributed by atoms with E-state index in [4.69, 9.17) is 4.42 Å². The molecule has 0 spiro atoms. The monoisotopic (exact) mass is 265 g/mol. The van der Waals surface area contributed by atoms with Crippen molar-refractivity contribution in [2.24, 2.45) is 0 Å². The van der Waals surface area contributed by atoms with Crippen LogP contribution in [0.2, 0.25) is 0 Å². The Labute approximate surface area is 116 Å². The maximum absolute atomic E-state index is 5.85. The summed E-state index contributed by atoms with van der Waals surface area (Å²) in [4.78, 5) is 5.04. The fourth-order valence-electron chi connectivity index (χ4n) is 2.56. The fraction of sp³-hybridized carbons (Fsp3) is 0.733. The molecule has 1 aliphatic heterocycles. The summed E-state index contributed by atoms with van der Waals surface area (Å²) in [5, 5.41) is 3.29. The van der Waals surface area contributed by atoms with Gasteiger partial charge < -0.3 is 14.6 Å². The lowest BCUT2D eigenvalue weighted by atomic mass is 10.3. The van der Waals surface area contributed by atoms with Gasteiger partial charge in [-0.15, -0.1) is 0 Å². The molecule has 108 valence electrons. The van der Waals surface area contributed by atoms with Gasteiger partial charge in [0.25, 0.3) is 0 Å². The lowest BCUT2D eigenvalue weighted by molar-refractivity contribution is 0.120. The summed E-state index contributed by atoms with van der Waals surface area (Å²) < 4.78 is 5.85.